The minimum Gasteiger partial charge on any atom is -0.248 e. The van der Waals surface area contributed by atoms with Gasteiger partial charge in [0.2, 0.25) is 10.0 Å². The Balaban J connectivity index is 1.96. The van der Waals surface area contributed by atoms with Crippen LogP contribution >= 0.6 is 0 Å². The van der Waals surface area contributed by atoms with E-state index in [0.29, 0.717) is 18.8 Å². The van der Waals surface area contributed by atoms with E-state index in [1.54, 1.807) is 4.68 Å². The highest BCUT2D eigenvalue weighted by Crippen LogP contribution is 2.26. The van der Waals surface area contributed by atoms with Crippen molar-refractivity contribution in [1.29, 1.82) is 0 Å². The van der Waals surface area contributed by atoms with E-state index in [4.69, 9.17) is 0 Å². The van der Waals surface area contributed by atoms with E-state index >= 15 is 0 Å². The molecule has 0 saturated heterocycles. The highest BCUT2D eigenvalue weighted by atomic mass is 32.2. The smallest absolute Gasteiger partial charge is 0.241 e. The lowest BCUT2D eigenvalue weighted by molar-refractivity contribution is 0.400. The topological polar surface area (TPSA) is 111 Å². The molecule has 3 rings (SSSR count). The highest BCUT2D eigenvalue weighted by Gasteiger charge is 2.28. The molecular weight excluding hydrogens is 359 g/mol. The number of rotatable bonds is 4. The zero-order chi connectivity index (χ0) is 17.5. The van der Waals surface area contributed by atoms with Gasteiger partial charge in [-0.1, -0.05) is 0 Å². The minimum atomic E-state index is -4.04. The zero-order valence-corrected chi connectivity index (χ0v) is 14.3. The quantitative estimate of drug-likeness (QED) is 0.840. The minimum absolute atomic E-state index is 0.319. The fraction of sp³-hybridized carbons (Fsp3) is 0.385. The first-order chi connectivity index (χ1) is 11.2. The summed E-state index contributed by atoms with van der Waals surface area (Å²) in [5.74, 6) is -0.496. The van der Waals surface area contributed by atoms with E-state index in [9.17, 15) is 21.2 Å². The summed E-state index contributed by atoms with van der Waals surface area (Å²) < 4.78 is 66.0. The van der Waals surface area contributed by atoms with Crippen LogP contribution in [0.4, 0.5) is 4.39 Å². The molecule has 0 fully saturated rings. The van der Waals surface area contributed by atoms with Crippen molar-refractivity contribution < 1.29 is 21.2 Å². The maximum Gasteiger partial charge on any atom is 0.241 e. The Morgan fingerprint density at radius 3 is 2.75 bits per heavy atom. The third-order valence-corrected chi connectivity index (χ3v) is 6.31. The van der Waals surface area contributed by atoms with Crippen LogP contribution in [0.1, 0.15) is 24.7 Å². The Hall–Kier alpha value is -1.85. The molecule has 2 heterocycles. The van der Waals surface area contributed by atoms with Crippen molar-refractivity contribution in [2.45, 2.75) is 35.2 Å². The van der Waals surface area contributed by atoms with E-state index in [-0.39, 0.29) is 4.90 Å². The van der Waals surface area contributed by atoms with Crippen LogP contribution in [-0.2, 0) is 26.4 Å². The van der Waals surface area contributed by atoms with Gasteiger partial charge in [0.15, 0.2) is 9.84 Å². The standard InChI is InChI=1S/C13H15FN4O4S2/c1-23(19,20)12-7-9(4-5-10(12)14)24(21,22)17-11-3-2-6-18-13(11)15-8-16-18/h4-5,7-8,11,17H,2-3,6H2,1H3/t11-/m0/s1. The number of hydrogen-bond acceptors (Lipinski definition) is 6. The van der Waals surface area contributed by atoms with Crippen molar-refractivity contribution in [3.8, 4) is 0 Å². The number of fused-ring (bicyclic) bond motifs is 1. The number of sulfone groups is 1. The van der Waals surface area contributed by atoms with E-state index in [1.807, 2.05) is 0 Å². The van der Waals surface area contributed by atoms with Gasteiger partial charge in [0.25, 0.3) is 0 Å². The van der Waals surface area contributed by atoms with Crippen LogP contribution < -0.4 is 4.72 Å². The number of halogens is 1. The van der Waals surface area contributed by atoms with Crippen LogP contribution in [0.15, 0.2) is 34.3 Å². The molecule has 2 aromatic rings. The van der Waals surface area contributed by atoms with Gasteiger partial charge < -0.3 is 0 Å². The van der Waals surface area contributed by atoms with Gasteiger partial charge in [-0.3, -0.25) is 0 Å². The summed E-state index contributed by atoms with van der Waals surface area (Å²) in [6.45, 7) is 0.655. The van der Waals surface area contributed by atoms with Crippen molar-refractivity contribution in [1.82, 2.24) is 19.5 Å². The first-order valence-electron chi connectivity index (χ1n) is 7.08. The molecule has 1 N–H and O–H groups in total. The normalized spacial score (nSPS) is 18.3. The second kappa shape index (κ2) is 5.90. The van der Waals surface area contributed by atoms with Gasteiger partial charge in [0.1, 0.15) is 22.9 Å². The molecule has 0 amide bonds. The lowest BCUT2D eigenvalue weighted by atomic mass is 10.1. The predicted molar refractivity (Wildman–Crippen MR) is 81.8 cm³/mol. The number of aromatic nitrogens is 3. The van der Waals surface area contributed by atoms with E-state index in [2.05, 4.69) is 14.8 Å². The molecule has 0 bridgehead atoms. The highest BCUT2D eigenvalue weighted by molar-refractivity contribution is 7.91. The fourth-order valence-corrected chi connectivity index (χ4v) is 4.68. The molecule has 11 heteroatoms. The summed E-state index contributed by atoms with van der Waals surface area (Å²) in [4.78, 5) is 3.08. The molecule has 1 aliphatic heterocycles. The van der Waals surface area contributed by atoms with Gasteiger partial charge >= 0.3 is 0 Å². The van der Waals surface area contributed by atoms with Gasteiger partial charge in [-0.25, -0.2) is 35.6 Å². The predicted octanol–water partition coefficient (Wildman–Crippen LogP) is 0.634. The Morgan fingerprint density at radius 1 is 1.29 bits per heavy atom. The summed E-state index contributed by atoms with van der Waals surface area (Å²) in [6, 6.07) is 2.10. The van der Waals surface area contributed by atoms with E-state index in [0.717, 1.165) is 30.9 Å². The van der Waals surface area contributed by atoms with Crippen LogP contribution in [0.25, 0.3) is 0 Å². The van der Waals surface area contributed by atoms with Gasteiger partial charge in [0, 0.05) is 12.8 Å². The molecule has 0 radical (unpaired) electrons. The largest absolute Gasteiger partial charge is 0.248 e. The molecule has 8 nitrogen and oxygen atoms in total. The van der Waals surface area contributed by atoms with Crippen molar-refractivity contribution >= 4 is 19.9 Å². The summed E-state index contributed by atoms with van der Waals surface area (Å²) in [5, 5.41) is 4.01. The Kier molecular flexibility index (Phi) is 4.18. The van der Waals surface area contributed by atoms with Crippen LogP contribution in [0.3, 0.4) is 0 Å². The summed E-state index contributed by atoms with van der Waals surface area (Å²) in [5.41, 5.74) is 0. The molecule has 0 unspecified atom stereocenters. The van der Waals surface area contributed by atoms with Crippen LogP contribution in [0.5, 0.6) is 0 Å². The fourth-order valence-electron chi connectivity index (χ4n) is 2.59. The van der Waals surface area contributed by atoms with Crippen LogP contribution in [0, 0.1) is 5.82 Å². The SMILES string of the molecule is CS(=O)(=O)c1cc(S(=O)(=O)N[C@H]2CCCn3ncnc32)ccc1F. The molecule has 0 saturated carbocycles. The van der Waals surface area contributed by atoms with Crippen LogP contribution in [-0.4, -0.2) is 37.9 Å². The number of nitrogens with zero attached hydrogens (tertiary/aromatic N) is 3. The van der Waals surface area contributed by atoms with E-state index < -0.39 is 36.6 Å². The second-order valence-corrected chi connectivity index (χ2v) is 9.22. The molecule has 0 spiro atoms. The maximum atomic E-state index is 13.7. The lowest BCUT2D eigenvalue weighted by Crippen LogP contribution is -2.33. The Labute approximate surface area is 138 Å². The zero-order valence-electron chi connectivity index (χ0n) is 12.7. The molecule has 1 aromatic heterocycles. The summed E-state index contributed by atoms with van der Waals surface area (Å²) in [6.07, 6.45) is 3.43. The van der Waals surface area contributed by atoms with Gasteiger partial charge in [-0.15, -0.1) is 0 Å². The number of nitrogens with one attached hydrogen (secondary N) is 1. The van der Waals surface area contributed by atoms with Crippen molar-refractivity contribution in [3.63, 3.8) is 0 Å². The van der Waals surface area contributed by atoms with Crippen molar-refractivity contribution in [2.75, 3.05) is 6.26 Å². The van der Waals surface area contributed by atoms with Gasteiger partial charge in [0.05, 0.1) is 10.9 Å². The Bertz CT molecular complexity index is 985. The average molecular weight is 374 g/mol. The third kappa shape index (κ3) is 3.19. The van der Waals surface area contributed by atoms with Gasteiger partial charge in [-0.05, 0) is 31.0 Å². The monoisotopic (exact) mass is 374 g/mol. The molecule has 130 valence electrons. The molecule has 0 aliphatic carbocycles. The lowest BCUT2D eigenvalue weighted by Gasteiger charge is -2.23. The van der Waals surface area contributed by atoms with E-state index in [1.165, 1.54) is 6.33 Å². The summed E-state index contributed by atoms with van der Waals surface area (Å²) in [7, 11) is -7.93. The molecular formula is C13H15FN4O4S2. The van der Waals surface area contributed by atoms with Crippen LogP contribution in [0.2, 0.25) is 0 Å². The first-order valence-corrected chi connectivity index (χ1v) is 10.5. The molecule has 24 heavy (non-hydrogen) atoms. The van der Waals surface area contributed by atoms with Crippen molar-refractivity contribution in [2.24, 2.45) is 0 Å². The number of benzene rings is 1. The molecule has 1 aromatic carbocycles. The first kappa shape index (κ1) is 17.0. The van der Waals surface area contributed by atoms with Crippen molar-refractivity contribution in [3.05, 3.63) is 36.2 Å². The maximum absolute atomic E-state index is 13.7. The average Bonchev–Trinajstić information content (AvgIpc) is 2.95. The second-order valence-electron chi connectivity index (χ2n) is 5.52. The Morgan fingerprint density at radius 2 is 2.04 bits per heavy atom. The number of aryl methyl sites for hydroxylation is 1. The molecule has 1 aliphatic rings. The summed E-state index contributed by atoms with van der Waals surface area (Å²) >= 11 is 0. The third-order valence-electron chi connectivity index (χ3n) is 3.73. The number of sulfonamides is 1. The van der Waals surface area contributed by atoms with Gasteiger partial charge in [-0.2, -0.15) is 5.10 Å². The number of hydrogen-bond donors (Lipinski definition) is 1. The molecule has 1 atom stereocenters.